The van der Waals surface area contributed by atoms with E-state index in [9.17, 15) is 19.2 Å². The Morgan fingerprint density at radius 2 is 1.31 bits per heavy atom. The summed E-state index contributed by atoms with van der Waals surface area (Å²) in [6.07, 6.45) is 16.6. The second-order valence-corrected chi connectivity index (χ2v) is 16.3. The number of carbonyl (C=O) groups is 4. The molecule has 0 amide bonds. The molecule has 11 heteroatoms. The molecule has 61 heavy (non-hydrogen) atoms. The molecule has 6 unspecified atom stereocenters. The van der Waals surface area contributed by atoms with Gasteiger partial charge in [0.15, 0.2) is 0 Å². The summed E-state index contributed by atoms with van der Waals surface area (Å²) in [5, 5.41) is 17.5. The molecule has 0 heterocycles. The Balaban J connectivity index is 0.000000229. The van der Waals surface area contributed by atoms with Gasteiger partial charge in [-0.25, -0.2) is 19.2 Å². The Bertz CT molecular complexity index is 1740. The van der Waals surface area contributed by atoms with Crippen LogP contribution in [0, 0.1) is 35.5 Å². The van der Waals surface area contributed by atoms with Crippen molar-refractivity contribution in [1.29, 1.82) is 0 Å². The predicted octanol–water partition coefficient (Wildman–Crippen LogP) is 8.05. The standard InChI is InChI=1S/C20H22O3.C13H16O2.C11H18O3.C6H10O3/c1-4-19(21)23-15-14-22-18-12-10-17(11-13-18)20(2,3)16-8-6-5-7-9-16;1-2-13(14)15-12-7-8-6-11(12)10-5-3-4-9(8)10;1-2-11(13)14-8-10-5-3-9(7-12)4-6-10;1-3-6(8)9-4-5(2)7/h4-13H,1,14-15H2,2-3H3;2-4,8-12H,1,5-7H2;2,9-10,12H,1,3-8H2;3,5,7H,1,4H2,2H3. The van der Waals surface area contributed by atoms with Crippen LogP contribution < -0.4 is 4.74 Å². The number of ether oxygens (including phenoxy) is 5. The Kier molecular flexibility index (Phi) is 21.5. The van der Waals surface area contributed by atoms with Crippen LogP contribution in [0.2, 0.25) is 0 Å². The maximum atomic E-state index is 11.2. The predicted molar refractivity (Wildman–Crippen MR) is 235 cm³/mol. The monoisotopic (exact) mass is 842 g/mol. The number of hydrogen-bond donors (Lipinski definition) is 2. The van der Waals surface area contributed by atoms with Crippen molar-refractivity contribution in [1.82, 2.24) is 0 Å². The summed E-state index contributed by atoms with van der Waals surface area (Å²) in [5.74, 6) is 3.07. The van der Waals surface area contributed by atoms with E-state index in [4.69, 9.17) is 29.2 Å². The first-order valence-corrected chi connectivity index (χ1v) is 21.2. The normalized spacial score (nSPS) is 23.3. The Morgan fingerprint density at radius 3 is 1.90 bits per heavy atom. The van der Waals surface area contributed by atoms with E-state index >= 15 is 0 Å². The fraction of sp³-hybridized carbons (Fsp3) is 0.480. The molecule has 2 bridgehead atoms. The Morgan fingerprint density at radius 1 is 0.738 bits per heavy atom. The lowest BCUT2D eigenvalue weighted by Gasteiger charge is -2.30. The average molecular weight is 843 g/mol. The molecule has 2 N–H and O–H groups in total. The summed E-state index contributed by atoms with van der Waals surface area (Å²) in [7, 11) is 0. The van der Waals surface area contributed by atoms with Gasteiger partial charge in [-0.05, 0) is 111 Å². The molecule has 3 saturated carbocycles. The van der Waals surface area contributed by atoms with Crippen LogP contribution in [0.1, 0.15) is 76.8 Å². The second kappa shape index (κ2) is 26.2. The van der Waals surface area contributed by atoms with Gasteiger partial charge in [0, 0.05) is 36.3 Å². The second-order valence-electron chi connectivity index (χ2n) is 16.3. The van der Waals surface area contributed by atoms with Gasteiger partial charge >= 0.3 is 23.9 Å². The highest BCUT2D eigenvalue weighted by Crippen LogP contribution is 2.57. The lowest BCUT2D eigenvalue weighted by molar-refractivity contribution is -0.147. The van der Waals surface area contributed by atoms with Crippen molar-refractivity contribution in [3.63, 3.8) is 0 Å². The van der Waals surface area contributed by atoms with E-state index < -0.39 is 18.0 Å². The van der Waals surface area contributed by atoms with Gasteiger partial charge in [0.1, 0.15) is 31.7 Å². The highest BCUT2D eigenvalue weighted by Gasteiger charge is 2.53. The van der Waals surface area contributed by atoms with Crippen LogP contribution in [0.3, 0.4) is 0 Å². The van der Waals surface area contributed by atoms with E-state index in [1.54, 1.807) is 0 Å². The van der Waals surface area contributed by atoms with Crippen molar-refractivity contribution < 1.29 is 53.1 Å². The first kappa shape index (κ1) is 50.1. The number of fused-ring (bicyclic) bond motifs is 5. The van der Waals surface area contributed by atoms with Crippen LogP contribution in [0.25, 0.3) is 0 Å². The Hall–Kier alpha value is -5.26. The van der Waals surface area contributed by atoms with Crippen LogP contribution in [-0.4, -0.2) is 79.3 Å². The molecule has 332 valence electrons. The molecule has 4 aliphatic carbocycles. The minimum absolute atomic E-state index is 0.0326. The summed E-state index contributed by atoms with van der Waals surface area (Å²) in [6.45, 7) is 20.6. The van der Waals surface area contributed by atoms with Gasteiger partial charge in [-0.3, -0.25) is 0 Å². The van der Waals surface area contributed by atoms with E-state index in [0.29, 0.717) is 37.6 Å². The molecule has 6 rings (SSSR count). The number of esters is 4. The van der Waals surface area contributed by atoms with Crippen LogP contribution in [0.15, 0.2) is 117 Å². The number of benzene rings is 2. The molecule has 4 aliphatic rings. The van der Waals surface area contributed by atoms with Gasteiger partial charge in [0.2, 0.25) is 0 Å². The lowest BCUT2D eigenvalue weighted by atomic mass is 9.78. The third kappa shape index (κ3) is 16.6. The maximum Gasteiger partial charge on any atom is 0.330 e. The molecular formula is C50H66O11. The Labute approximate surface area is 362 Å². The molecule has 0 radical (unpaired) electrons. The van der Waals surface area contributed by atoms with Gasteiger partial charge < -0.3 is 33.9 Å². The molecule has 0 aromatic heterocycles. The molecule has 0 saturated heterocycles. The van der Waals surface area contributed by atoms with E-state index in [1.165, 1.54) is 43.0 Å². The minimum atomic E-state index is -0.603. The zero-order valence-corrected chi connectivity index (χ0v) is 36.2. The summed E-state index contributed by atoms with van der Waals surface area (Å²) in [6, 6.07) is 18.4. The van der Waals surface area contributed by atoms with Gasteiger partial charge in [-0.15, -0.1) is 0 Å². The van der Waals surface area contributed by atoms with E-state index in [1.807, 2.05) is 18.2 Å². The van der Waals surface area contributed by atoms with E-state index in [0.717, 1.165) is 67.8 Å². The fourth-order valence-corrected chi connectivity index (χ4v) is 8.28. The third-order valence-corrected chi connectivity index (χ3v) is 11.7. The summed E-state index contributed by atoms with van der Waals surface area (Å²) in [5.41, 5.74) is 2.42. The van der Waals surface area contributed by atoms with Crippen molar-refractivity contribution in [2.75, 3.05) is 33.0 Å². The summed E-state index contributed by atoms with van der Waals surface area (Å²) < 4.78 is 25.3. The molecule has 6 atom stereocenters. The average Bonchev–Trinajstić information content (AvgIpc) is 4.03. The third-order valence-electron chi connectivity index (χ3n) is 11.7. The lowest BCUT2D eigenvalue weighted by Crippen LogP contribution is -2.31. The largest absolute Gasteiger partial charge is 0.490 e. The number of aliphatic hydroxyl groups excluding tert-OH is 2. The number of allylic oxidation sites excluding steroid dienone is 2. The van der Waals surface area contributed by atoms with Crippen LogP contribution in [0.4, 0.5) is 0 Å². The molecule has 0 spiro atoms. The van der Waals surface area contributed by atoms with Crippen LogP contribution in [0.5, 0.6) is 5.75 Å². The summed E-state index contributed by atoms with van der Waals surface area (Å²) >= 11 is 0. The number of carbonyl (C=O) groups excluding carboxylic acids is 4. The van der Waals surface area contributed by atoms with Crippen molar-refractivity contribution >= 4 is 23.9 Å². The van der Waals surface area contributed by atoms with Crippen molar-refractivity contribution in [2.24, 2.45) is 35.5 Å². The molecule has 2 aromatic carbocycles. The van der Waals surface area contributed by atoms with Gasteiger partial charge in [-0.1, -0.05) is 94.8 Å². The van der Waals surface area contributed by atoms with Crippen molar-refractivity contribution in [3.05, 3.63) is 128 Å². The van der Waals surface area contributed by atoms with Crippen LogP contribution in [-0.2, 0) is 43.5 Å². The smallest absolute Gasteiger partial charge is 0.330 e. The fourth-order valence-electron chi connectivity index (χ4n) is 8.28. The molecule has 0 aliphatic heterocycles. The first-order valence-electron chi connectivity index (χ1n) is 21.2. The molecule has 3 fully saturated rings. The van der Waals surface area contributed by atoms with Gasteiger partial charge in [-0.2, -0.15) is 0 Å². The van der Waals surface area contributed by atoms with Gasteiger partial charge in [0.25, 0.3) is 0 Å². The number of aliphatic hydroxyl groups is 2. The van der Waals surface area contributed by atoms with E-state index in [2.05, 4.69) is 93.5 Å². The van der Waals surface area contributed by atoms with Gasteiger partial charge in [0.05, 0.1) is 12.7 Å². The maximum absolute atomic E-state index is 11.2. The first-order chi connectivity index (χ1) is 29.2. The van der Waals surface area contributed by atoms with Crippen LogP contribution >= 0.6 is 0 Å². The molecule has 2 aromatic rings. The van der Waals surface area contributed by atoms with Crippen molar-refractivity contribution in [3.8, 4) is 5.75 Å². The van der Waals surface area contributed by atoms with Crippen molar-refractivity contribution in [2.45, 2.75) is 83.3 Å². The number of hydrogen-bond acceptors (Lipinski definition) is 11. The SMILES string of the molecule is C=CC(=O)OC1CC2CC1C1CC=CC21.C=CC(=O)OCC(C)O.C=CC(=O)OCC1CCC(CO)CC1.C=CC(=O)OCCOc1ccc(C(C)(C)c2ccccc2)cc1. The zero-order valence-electron chi connectivity index (χ0n) is 36.2. The topological polar surface area (TPSA) is 155 Å². The highest BCUT2D eigenvalue weighted by atomic mass is 16.6. The molecular weight excluding hydrogens is 777 g/mol. The quantitative estimate of drug-likeness (QED) is 0.0555. The molecule has 11 nitrogen and oxygen atoms in total. The minimum Gasteiger partial charge on any atom is -0.490 e. The van der Waals surface area contributed by atoms with E-state index in [-0.39, 0.29) is 36.7 Å². The zero-order chi connectivity index (χ0) is 44.8. The summed E-state index contributed by atoms with van der Waals surface area (Å²) in [4.78, 5) is 43.2. The highest BCUT2D eigenvalue weighted by molar-refractivity contribution is 5.82. The number of rotatable bonds is 16.